The van der Waals surface area contributed by atoms with E-state index < -0.39 is 15.1 Å². The van der Waals surface area contributed by atoms with Gasteiger partial charge in [0, 0.05) is 5.69 Å². The van der Waals surface area contributed by atoms with Crippen LogP contribution in [-0.2, 0) is 21.1 Å². The van der Waals surface area contributed by atoms with E-state index in [1.54, 1.807) is 18.2 Å². The Balaban J connectivity index is 1.75. The number of anilines is 2. The molecule has 3 rings (SSSR count). The normalized spacial score (nSPS) is 12.3. The van der Waals surface area contributed by atoms with Gasteiger partial charge < -0.3 is 11.1 Å². The van der Waals surface area contributed by atoms with Gasteiger partial charge in [0.15, 0.2) is 5.16 Å². The third-order valence-corrected chi connectivity index (χ3v) is 7.67. The molecular weight excluding hydrogens is 432 g/mol. The SMILES string of the molecule is CCc1ccc(NC(=O)[C@H](CC)Sc2ncc(S(=O)(=O)c3ccccc3)c(N)n2)cc1. The molecule has 0 aliphatic heterocycles. The highest BCUT2D eigenvalue weighted by Crippen LogP contribution is 2.28. The van der Waals surface area contributed by atoms with E-state index in [0.717, 1.165) is 18.2 Å². The second-order valence-corrected chi connectivity index (χ2v) is 9.86. The molecule has 0 bridgehead atoms. The Morgan fingerprint density at radius 1 is 1.10 bits per heavy atom. The Bertz CT molecular complexity index is 1150. The number of hydrogen-bond donors (Lipinski definition) is 2. The number of nitrogens with two attached hydrogens (primary N) is 1. The van der Waals surface area contributed by atoms with Gasteiger partial charge >= 0.3 is 0 Å². The van der Waals surface area contributed by atoms with Crippen molar-refractivity contribution < 1.29 is 13.2 Å². The topological polar surface area (TPSA) is 115 Å². The molecule has 0 aliphatic carbocycles. The lowest BCUT2D eigenvalue weighted by Gasteiger charge is -2.15. The van der Waals surface area contributed by atoms with Crippen molar-refractivity contribution in [3.05, 3.63) is 66.4 Å². The molecule has 162 valence electrons. The molecule has 1 aromatic heterocycles. The van der Waals surface area contributed by atoms with Gasteiger partial charge in [-0.05, 0) is 42.7 Å². The number of rotatable bonds is 8. The van der Waals surface area contributed by atoms with Gasteiger partial charge in [0.1, 0.15) is 10.7 Å². The highest BCUT2D eigenvalue weighted by Gasteiger charge is 2.24. The zero-order valence-corrected chi connectivity index (χ0v) is 18.9. The van der Waals surface area contributed by atoms with Crippen LogP contribution in [0, 0.1) is 0 Å². The molecule has 0 unspecified atom stereocenters. The molecule has 1 amide bonds. The van der Waals surface area contributed by atoms with E-state index in [0.29, 0.717) is 12.1 Å². The molecule has 1 heterocycles. The average Bonchev–Trinajstić information content (AvgIpc) is 2.78. The lowest BCUT2D eigenvalue weighted by molar-refractivity contribution is -0.115. The number of aromatic nitrogens is 2. The van der Waals surface area contributed by atoms with Gasteiger partial charge in [-0.1, -0.05) is 55.9 Å². The first-order valence-corrected chi connectivity index (χ1v) is 12.2. The number of sulfone groups is 1. The molecule has 0 aliphatic rings. The van der Waals surface area contributed by atoms with E-state index in [1.165, 1.54) is 23.9 Å². The minimum absolute atomic E-state index is 0.116. The van der Waals surface area contributed by atoms with Crippen LogP contribution in [0.15, 0.2) is 75.7 Å². The van der Waals surface area contributed by atoms with Crippen LogP contribution in [0.4, 0.5) is 11.5 Å². The van der Waals surface area contributed by atoms with Gasteiger partial charge in [-0.3, -0.25) is 4.79 Å². The maximum Gasteiger partial charge on any atom is 0.237 e. The van der Waals surface area contributed by atoms with Crippen molar-refractivity contribution in [2.75, 3.05) is 11.1 Å². The number of thioether (sulfide) groups is 1. The summed E-state index contributed by atoms with van der Waals surface area (Å²) in [6, 6.07) is 15.6. The fourth-order valence-electron chi connectivity index (χ4n) is 2.85. The van der Waals surface area contributed by atoms with E-state index >= 15 is 0 Å². The number of nitrogens with zero attached hydrogens (tertiary/aromatic N) is 2. The zero-order valence-electron chi connectivity index (χ0n) is 17.3. The molecule has 0 radical (unpaired) electrons. The summed E-state index contributed by atoms with van der Waals surface area (Å²) in [4.78, 5) is 20.9. The summed E-state index contributed by atoms with van der Waals surface area (Å²) in [6.45, 7) is 3.95. The summed E-state index contributed by atoms with van der Waals surface area (Å²) in [5, 5.41) is 2.68. The second-order valence-electron chi connectivity index (χ2n) is 6.77. The maximum atomic E-state index is 12.8. The average molecular weight is 457 g/mol. The monoisotopic (exact) mass is 456 g/mol. The molecule has 1 atom stereocenters. The van der Waals surface area contributed by atoms with Crippen molar-refractivity contribution >= 4 is 39.0 Å². The van der Waals surface area contributed by atoms with Gasteiger partial charge in [-0.15, -0.1) is 0 Å². The van der Waals surface area contributed by atoms with Crippen LogP contribution in [0.5, 0.6) is 0 Å². The van der Waals surface area contributed by atoms with Crippen molar-refractivity contribution in [3.8, 4) is 0 Å². The van der Waals surface area contributed by atoms with E-state index in [1.807, 2.05) is 31.2 Å². The quantitative estimate of drug-likeness (QED) is 0.389. The number of carbonyl (C=O) groups is 1. The molecule has 31 heavy (non-hydrogen) atoms. The number of nitrogens with one attached hydrogen (secondary N) is 1. The first-order chi connectivity index (χ1) is 14.8. The molecule has 7 nitrogen and oxygen atoms in total. The molecule has 0 fully saturated rings. The molecule has 0 spiro atoms. The number of carbonyl (C=O) groups excluding carboxylic acids is 1. The van der Waals surface area contributed by atoms with Crippen LogP contribution >= 0.6 is 11.8 Å². The van der Waals surface area contributed by atoms with Crippen molar-refractivity contribution in [2.24, 2.45) is 0 Å². The van der Waals surface area contributed by atoms with Crippen molar-refractivity contribution in [1.29, 1.82) is 0 Å². The second kappa shape index (κ2) is 9.93. The van der Waals surface area contributed by atoms with Gasteiger partial charge in [-0.2, -0.15) is 0 Å². The molecule has 0 saturated heterocycles. The minimum atomic E-state index is -3.82. The predicted octanol–water partition coefficient (Wildman–Crippen LogP) is 3.96. The fourth-order valence-corrected chi connectivity index (χ4v) is 4.99. The lowest BCUT2D eigenvalue weighted by atomic mass is 10.1. The third-order valence-electron chi connectivity index (χ3n) is 4.64. The Hall–Kier alpha value is -2.91. The molecule has 9 heteroatoms. The number of amides is 1. The summed E-state index contributed by atoms with van der Waals surface area (Å²) in [6.07, 6.45) is 2.66. The van der Waals surface area contributed by atoms with E-state index in [9.17, 15) is 13.2 Å². The van der Waals surface area contributed by atoms with Gasteiger partial charge in [0.05, 0.1) is 16.3 Å². The summed E-state index contributed by atoms with van der Waals surface area (Å²) in [5.41, 5.74) is 7.85. The Labute approximate surface area is 186 Å². The van der Waals surface area contributed by atoms with Crippen molar-refractivity contribution in [3.63, 3.8) is 0 Å². The van der Waals surface area contributed by atoms with Crippen LogP contribution in [0.3, 0.4) is 0 Å². The van der Waals surface area contributed by atoms with Crippen LogP contribution in [0.25, 0.3) is 0 Å². The van der Waals surface area contributed by atoms with E-state index in [-0.39, 0.29) is 26.7 Å². The first kappa shape index (κ1) is 22.8. The van der Waals surface area contributed by atoms with Crippen LogP contribution in [0.2, 0.25) is 0 Å². The van der Waals surface area contributed by atoms with E-state index in [2.05, 4.69) is 22.2 Å². The standard InChI is InChI=1S/C22H24N4O3S2/c1-3-15-10-12-16(13-11-15)25-21(27)18(4-2)30-22-24-14-19(20(23)26-22)31(28,29)17-8-6-5-7-9-17/h5-14,18H,3-4H2,1-2H3,(H,25,27)(H2,23,24,26)/t18-/m0/s1. The summed E-state index contributed by atoms with van der Waals surface area (Å²) >= 11 is 1.14. The minimum Gasteiger partial charge on any atom is -0.382 e. The molecule has 0 saturated carbocycles. The maximum absolute atomic E-state index is 12.8. The predicted molar refractivity (Wildman–Crippen MR) is 123 cm³/mol. The lowest BCUT2D eigenvalue weighted by Crippen LogP contribution is -2.25. The largest absolute Gasteiger partial charge is 0.382 e. The van der Waals surface area contributed by atoms with Crippen LogP contribution in [0.1, 0.15) is 25.8 Å². The van der Waals surface area contributed by atoms with Crippen LogP contribution < -0.4 is 11.1 Å². The third kappa shape index (κ3) is 5.42. The van der Waals surface area contributed by atoms with Gasteiger partial charge in [-0.25, -0.2) is 18.4 Å². The Morgan fingerprint density at radius 3 is 2.35 bits per heavy atom. The summed E-state index contributed by atoms with van der Waals surface area (Å²) in [5.74, 6) is -0.327. The highest BCUT2D eigenvalue weighted by molar-refractivity contribution is 8.00. The Kier molecular flexibility index (Phi) is 7.29. The van der Waals surface area contributed by atoms with Crippen LogP contribution in [-0.4, -0.2) is 29.5 Å². The van der Waals surface area contributed by atoms with Crippen molar-refractivity contribution in [1.82, 2.24) is 9.97 Å². The molecule has 3 aromatic rings. The smallest absolute Gasteiger partial charge is 0.237 e. The molecular formula is C22H24N4O3S2. The Morgan fingerprint density at radius 2 is 1.77 bits per heavy atom. The number of nitrogen functional groups attached to an aromatic ring is 1. The molecule has 3 N–H and O–H groups in total. The fraction of sp³-hybridized carbons (Fsp3) is 0.227. The zero-order chi connectivity index (χ0) is 22.4. The number of aryl methyl sites for hydroxylation is 1. The summed E-state index contributed by atoms with van der Waals surface area (Å²) < 4.78 is 25.5. The van der Waals surface area contributed by atoms with Gasteiger partial charge in [0.2, 0.25) is 15.7 Å². The number of benzene rings is 2. The first-order valence-electron chi connectivity index (χ1n) is 9.84. The highest BCUT2D eigenvalue weighted by atomic mass is 32.2. The van der Waals surface area contributed by atoms with Crippen molar-refractivity contribution in [2.45, 2.75) is 46.9 Å². The summed E-state index contributed by atoms with van der Waals surface area (Å²) in [7, 11) is -3.82. The van der Waals surface area contributed by atoms with Gasteiger partial charge in [0.25, 0.3) is 0 Å². The molecule has 2 aromatic carbocycles. The number of hydrogen-bond acceptors (Lipinski definition) is 7. The van der Waals surface area contributed by atoms with E-state index in [4.69, 9.17) is 5.73 Å².